The minimum absolute atomic E-state index is 0.193. The molecule has 0 amide bonds. The molecule has 0 bridgehead atoms. The molecule has 1 fully saturated rings. The Morgan fingerprint density at radius 1 is 1.62 bits per heavy atom. The van der Waals surface area contributed by atoms with Crippen molar-refractivity contribution in [2.24, 2.45) is 0 Å². The fourth-order valence-electron chi connectivity index (χ4n) is 2.51. The number of imidazole rings is 1. The lowest BCUT2D eigenvalue weighted by Gasteiger charge is -2.27. The first kappa shape index (κ1) is 14.4. The number of hydrogen-bond donors (Lipinski definition) is 0. The second-order valence-electron chi connectivity index (χ2n) is 5.17. The van der Waals surface area contributed by atoms with Crippen molar-refractivity contribution in [3.8, 4) is 0 Å². The number of methoxy groups -OCH3 is 1. The lowest BCUT2D eigenvalue weighted by atomic mass is 10.1. The smallest absolute Gasteiger partial charge is 0.337 e. The van der Waals surface area contributed by atoms with Crippen molar-refractivity contribution >= 4 is 28.6 Å². The van der Waals surface area contributed by atoms with Crippen molar-refractivity contribution < 1.29 is 14.3 Å². The zero-order valence-corrected chi connectivity index (χ0v) is 12.8. The number of ether oxygens (including phenoxy) is 2. The molecule has 1 aliphatic rings. The van der Waals surface area contributed by atoms with Crippen LogP contribution in [-0.2, 0) is 16.0 Å². The summed E-state index contributed by atoms with van der Waals surface area (Å²) in [6, 6.07) is 5.34. The number of carbonyl (C=O) groups is 1. The van der Waals surface area contributed by atoms with Gasteiger partial charge in [-0.25, -0.2) is 9.78 Å². The van der Waals surface area contributed by atoms with E-state index in [2.05, 4.69) is 4.98 Å². The Labute approximate surface area is 127 Å². The van der Waals surface area contributed by atoms with Crippen LogP contribution < -0.4 is 0 Å². The maximum atomic E-state index is 11.7. The second-order valence-corrected chi connectivity index (χ2v) is 5.83. The molecule has 2 aromatic rings. The number of carbonyl (C=O) groups excluding carboxylic acids is 1. The van der Waals surface area contributed by atoms with Crippen molar-refractivity contribution in [2.75, 3.05) is 13.7 Å². The molecule has 2 atom stereocenters. The summed E-state index contributed by atoms with van der Waals surface area (Å²) in [6.45, 7) is 3.39. The van der Waals surface area contributed by atoms with Gasteiger partial charge in [-0.05, 0) is 31.5 Å². The van der Waals surface area contributed by atoms with Crippen LogP contribution in [0.15, 0.2) is 18.2 Å². The minimum Gasteiger partial charge on any atom is -0.465 e. The molecule has 2 heterocycles. The predicted molar refractivity (Wildman–Crippen MR) is 79.7 cm³/mol. The molecule has 0 N–H and O–H groups in total. The van der Waals surface area contributed by atoms with Gasteiger partial charge >= 0.3 is 5.97 Å². The van der Waals surface area contributed by atoms with Gasteiger partial charge in [-0.3, -0.25) is 0 Å². The number of rotatable bonds is 4. The van der Waals surface area contributed by atoms with E-state index < -0.39 is 0 Å². The zero-order chi connectivity index (χ0) is 15.0. The van der Waals surface area contributed by atoms with Gasteiger partial charge in [0.25, 0.3) is 0 Å². The van der Waals surface area contributed by atoms with Crippen molar-refractivity contribution in [3.05, 3.63) is 29.6 Å². The molecule has 0 radical (unpaired) electrons. The second kappa shape index (κ2) is 5.66. The first-order chi connectivity index (χ1) is 10.1. The summed E-state index contributed by atoms with van der Waals surface area (Å²) >= 11 is 6.24. The van der Waals surface area contributed by atoms with E-state index in [1.807, 2.05) is 17.6 Å². The van der Waals surface area contributed by atoms with Gasteiger partial charge in [-0.1, -0.05) is 0 Å². The van der Waals surface area contributed by atoms with E-state index in [0.29, 0.717) is 12.1 Å². The van der Waals surface area contributed by atoms with Crippen molar-refractivity contribution in [3.63, 3.8) is 0 Å². The van der Waals surface area contributed by atoms with Gasteiger partial charge in [0.05, 0.1) is 41.7 Å². The van der Waals surface area contributed by atoms with Gasteiger partial charge in [0.1, 0.15) is 5.82 Å². The van der Waals surface area contributed by atoms with E-state index in [9.17, 15) is 4.79 Å². The fraction of sp³-hybridized carbons (Fsp3) is 0.467. The largest absolute Gasteiger partial charge is 0.465 e. The Balaban J connectivity index is 2.08. The average Bonchev–Trinajstić information content (AvgIpc) is 2.80. The van der Waals surface area contributed by atoms with Crippen LogP contribution in [0.5, 0.6) is 0 Å². The van der Waals surface area contributed by atoms with Crippen LogP contribution >= 0.6 is 11.6 Å². The third-order valence-electron chi connectivity index (χ3n) is 3.73. The molecule has 5 nitrogen and oxygen atoms in total. The molecule has 0 saturated carbocycles. The van der Waals surface area contributed by atoms with E-state index in [1.165, 1.54) is 7.11 Å². The highest BCUT2D eigenvalue weighted by Crippen LogP contribution is 2.27. The monoisotopic (exact) mass is 308 g/mol. The lowest BCUT2D eigenvalue weighted by molar-refractivity contribution is -0.0590. The van der Waals surface area contributed by atoms with Gasteiger partial charge in [-0.2, -0.15) is 0 Å². The molecule has 1 aromatic carbocycles. The molecule has 21 heavy (non-hydrogen) atoms. The number of alkyl halides is 1. The van der Waals surface area contributed by atoms with Crippen LogP contribution in [-0.4, -0.2) is 35.3 Å². The summed E-state index contributed by atoms with van der Waals surface area (Å²) < 4.78 is 12.3. The van der Waals surface area contributed by atoms with Crippen LogP contribution in [0.1, 0.15) is 34.9 Å². The molecule has 1 aromatic heterocycles. The number of halogens is 1. The van der Waals surface area contributed by atoms with Gasteiger partial charge < -0.3 is 14.0 Å². The van der Waals surface area contributed by atoms with Crippen LogP contribution in [0.4, 0.5) is 0 Å². The highest BCUT2D eigenvalue weighted by atomic mass is 35.5. The molecule has 1 saturated heterocycles. The summed E-state index contributed by atoms with van der Waals surface area (Å²) in [6.07, 6.45) is 1.23. The van der Waals surface area contributed by atoms with E-state index >= 15 is 0 Å². The molecular weight excluding hydrogens is 292 g/mol. The number of nitrogens with zero attached hydrogens (tertiary/aromatic N) is 2. The highest BCUT2D eigenvalue weighted by Gasteiger charge is 2.23. The third kappa shape index (κ3) is 2.63. The zero-order valence-electron chi connectivity index (χ0n) is 12.0. The Hall–Kier alpha value is -1.59. The number of fused-ring (bicyclic) bond motifs is 1. The van der Waals surface area contributed by atoms with Crippen LogP contribution in [0.3, 0.4) is 0 Å². The normalized spacial score (nSPS) is 19.3. The lowest BCUT2D eigenvalue weighted by Crippen LogP contribution is -2.31. The van der Waals surface area contributed by atoms with E-state index in [-0.39, 0.29) is 17.5 Å². The Morgan fingerprint density at radius 3 is 2.95 bits per heavy atom. The van der Waals surface area contributed by atoms with Gasteiger partial charge in [0.2, 0.25) is 0 Å². The molecule has 6 heteroatoms. The maximum absolute atomic E-state index is 11.7. The molecule has 0 spiro atoms. The average molecular weight is 309 g/mol. The van der Waals surface area contributed by atoms with Crippen LogP contribution in [0.2, 0.25) is 0 Å². The molecule has 1 unspecified atom stereocenters. The summed E-state index contributed by atoms with van der Waals surface area (Å²) in [5.74, 6) is 0.439. The molecule has 3 rings (SSSR count). The number of hydrogen-bond acceptors (Lipinski definition) is 4. The fourth-order valence-corrected chi connectivity index (χ4v) is 2.68. The molecule has 0 aliphatic carbocycles. The Kier molecular flexibility index (Phi) is 3.87. The summed E-state index contributed by atoms with van der Waals surface area (Å²) in [5, 5.41) is -0.209. The quantitative estimate of drug-likeness (QED) is 0.644. The summed E-state index contributed by atoms with van der Waals surface area (Å²) in [5.41, 5.74) is 2.22. The predicted octanol–water partition coefficient (Wildman–Crippen LogP) is 2.91. The van der Waals surface area contributed by atoms with Crippen molar-refractivity contribution in [1.82, 2.24) is 9.55 Å². The van der Waals surface area contributed by atoms with E-state index in [1.54, 1.807) is 12.1 Å². The summed E-state index contributed by atoms with van der Waals surface area (Å²) in [7, 11) is 1.37. The first-order valence-electron chi connectivity index (χ1n) is 6.94. The SMILES string of the molecule is COC(=O)c1ccc2nc([C@@H](C)Cl)n(CC3CCO3)c2c1. The third-order valence-corrected chi connectivity index (χ3v) is 3.93. The number of aromatic nitrogens is 2. The van der Waals surface area contributed by atoms with Gasteiger partial charge in [-0.15, -0.1) is 11.6 Å². The van der Waals surface area contributed by atoms with Gasteiger partial charge in [0.15, 0.2) is 0 Å². The van der Waals surface area contributed by atoms with Crippen LogP contribution in [0.25, 0.3) is 11.0 Å². The van der Waals surface area contributed by atoms with Crippen molar-refractivity contribution in [1.29, 1.82) is 0 Å². The highest BCUT2D eigenvalue weighted by molar-refractivity contribution is 6.20. The Bertz CT molecular complexity index is 677. The van der Waals surface area contributed by atoms with E-state index in [4.69, 9.17) is 21.1 Å². The van der Waals surface area contributed by atoms with Crippen molar-refractivity contribution in [2.45, 2.75) is 31.4 Å². The number of esters is 1. The van der Waals surface area contributed by atoms with Gasteiger partial charge in [0, 0.05) is 6.61 Å². The van der Waals surface area contributed by atoms with E-state index in [0.717, 1.165) is 29.9 Å². The first-order valence-corrected chi connectivity index (χ1v) is 7.38. The van der Waals surface area contributed by atoms with Crippen LogP contribution in [0, 0.1) is 0 Å². The molecular formula is C15H17ClN2O3. The minimum atomic E-state index is -0.356. The molecule has 1 aliphatic heterocycles. The standard InChI is InChI=1S/C15H17ClN2O3/c1-9(16)14-17-12-4-3-10(15(19)20-2)7-13(12)18(14)8-11-5-6-21-11/h3-4,7,9,11H,5-6,8H2,1-2H3/t9-,11?/m1/s1. The Morgan fingerprint density at radius 2 is 2.38 bits per heavy atom. The molecule has 112 valence electrons. The summed E-state index contributed by atoms with van der Waals surface area (Å²) in [4.78, 5) is 16.3. The number of benzene rings is 1. The maximum Gasteiger partial charge on any atom is 0.337 e. The topological polar surface area (TPSA) is 53.3 Å².